The Morgan fingerprint density at radius 1 is 1.09 bits per heavy atom. The van der Waals surface area contributed by atoms with E-state index in [1.807, 2.05) is 30.3 Å². The van der Waals surface area contributed by atoms with Crippen molar-refractivity contribution in [3.05, 3.63) is 69.7 Å². The summed E-state index contributed by atoms with van der Waals surface area (Å²) in [5.41, 5.74) is 1.07. The average Bonchev–Trinajstić information content (AvgIpc) is 3.52. The van der Waals surface area contributed by atoms with Crippen LogP contribution in [0.15, 0.2) is 42.5 Å². The normalized spacial score (nSPS) is 16.7. The first-order valence-electron chi connectivity index (χ1n) is 10.5. The number of amides is 1. The maximum atomic E-state index is 13.2. The van der Waals surface area contributed by atoms with E-state index in [-0.39, 0.29) is 48.7 Å². The van der Waals surface area contributed by atoms with Gasteiger partial charge in [-0.1, -0.05) is 41.9 Å². The van der Waals surface area contributed by atoms with Crippen LogP contribution >= 0.6 is 11.6 Å². The van der Waals surface area contributed by atoms with Gasteiger partial charge in [0.1, 0.15) is 5.78 Å². The van der Waals surface area contributed by atoms with E-state index in [2.05, 4.69) is 0 Å². The second kappa shape index (κ2) is 9.24. The standard InChI is InChI=1S/C24H23ClF3NO3/c25-21-9-18-12-29(11-17(18)8-20(21)24(26,27)28)23(31)19(10-22(30)16-6-7-16)14-32-13-15-4-2-1-3-5-15/h1-5,8-9,16,19H,6-7,10-14H2. The molecule has 1 atom stereocenters. The summed E-state index contributed by atoms with van der Waals surface area (Å²) in [6.07, 6.45) is -2.79. The molecular weight excluding hydrogens is 443 g/mol. The molecule has 1 unspecified atom stereocenters. The van der Waals surface area contributed by atoms with Crippen LogP contribution in [0.2, 0.25) is 5.02 Å². The smallest absolute Gasteiger partial charge is 0.376 e. The van der Waals surface area contributed by atoms with Crippen molar-refractivity contribution in [3.8, 4) is 0 Å². The Bertz CT molecular complexity index is 1010. The average molecular weight is 466 g/mol. The van der Waals surface area contributed by atoms with Crippen molar-refractivity contribution in [1.82, 2.24) is 4.90 Å². The molecule has 1 saturated carbocycles. The van der Waals surface area contributed by atoms with Crippen molar-refractivity contribution < 1.29 is 27.5 Å². The number of ketones is 1. The Hall–Kier alpha value is -2.38. The van der Waals surface area contributed by atoms with Gasteiger partial charge in [0, 0.05) is 25.4 Å². The van der Waals surface area contributed by atoms with Crippen LogP contribution in [0.3, 0.4) is 0 Å². The molecule has 4 rings (SSSR count). The summed E-state index contributed by atoms with van der Waals surface area (Å²) in [5.74, 6) is -0.888. The minimum Gasteiger partial charge on any atom is -0.376 e. The van der Waals surface area contributed by atoms with Gasteiger partial charge < -0.3 is 9.64 Å². The van der Waals surface area contributed by atoms with Gasteiger partial charge in [0.25, 0.3) is 0 Å². The number of ether oxygens (including phenoxy) is 1. The molecule has 1 amide bonds. The summed E-state index contributed by atoms with van der Waals surface area (Å²) in [7, 11) is 0. The van der Waals surface area contributed by atoms with Crippen LogP contribution in [0.1, 0.15) is 41.5 Å². The monoisotopic (exact) mass is 465 g/mol. The highest BCUT2D eigenvalue weighted by atomic mass is 35.5. The SMILES string of the molecule is O=C(CC(COCc1ccccc1)C(=O)N1Cc2cc(Cl)c(C(F)(F)F)cc2C1)C1CC1. The molecule has 1 fully saturated rings. The van der Waals surface area contributed by atoms with Gasteiger partial charge in [-0.3, -0.25) is 9.59 Å². The van der Waals surface area contributed by atoms with Crippen molar-refractivity contribution in [2.75, 3.05) is 6.61 Å². The van der Waals surface area contributed by atoms with Gasteiger partial charge in [-0.15, -0.1) is 0 Å². The van der Waals surface area contributed by atoms with Gasteiger partial charge in [-0.25, -0.2) is 0 Å². The van der Waals surface area contributed by atoms with Crippen LogP contribution in [0.5, 0.6) is 0 Å². The minimum absolute atomic E-state index is 0.0170. The number of benzene rings is 2. The van der Waals surface area contributed by atoms with Gasteiger partial charge >= 0.3 is 6.18 Å². The van der Waals surface area contributed by atoms with E-state index >= 15 is 0 Å². The van der Waals surface area contributed by atoms with Gasteiger partial charge in [0.15, 0.2) is 0 Å². The first-order valence-corrected chi connectivity index (χ1v) is 10.9. The summed E-state index contributed by atoms with van der Waals surface area (Å²) in [6.45, 7) is 0.612. The summed E-state index contributed by atoms with van der Waals surface area (Å²) in [5, 5.41) is -0.378. The molecule has 2 aromatic rings. The third-order valence-electron chi connectivity index (χ3n) is 5.89. The maximum Gasteiger partial charge on any atom is 0.417 e. The molecule has 0 spiro atoms. The molecule has 170 valence electrons. The number of fused-ring (bicyclic) bond motifs is 1. The summed E-state index contributed by atoms with van der Waals surface area (Å²) in [4.78, 5) is 27.1. The zero-order valence-corrected chi connectivity index (χ0v) is 18.1. The Kier molecular flexibility index (Phi) is 6.58. The van der Waals surface area contributed by atoms with Crippen LogP contribution in [0, 0.1) is 11.8 Å². The minimum atomic E-state index is -4.56. The molecule has 0 radical (unpaired) electrons. The van der Waals surface area contributed by atoms with Crippen molar-refractivity contribution in [3.63, 3.8) is 0 Å². The van der Waals surface area contributed by atoms with Crippen LogP contribution in [0.4, 0.5) is 13.2 Å². The number of hydrogen-bond donors (Lipinski definition) is 0. The Balaban J connectivity index is 1.45. The predicted molar refractivity (Wildman–Crippen MR) is 113 cm³/mol. The number of carbonyl (C=O) groups excluding carboxylic acids is 2. The molecule has 2 aromatic carbocycles. The molecule has 0 saturated heterocycles. The fraction of sp³-hybridized carbons (Fsp3) is 0.417. The highest BCUT2D eigenvalue weighted by molar-refractivity contribution is 6.31. The lowest BCUT2D eigenvalue weighted by atomic mass is 9.99. The topological polar surface area (TPSA) is 46.6 Å². The Morgan fingerprint density at radius 2 is 1.75 bits per heavy atom. The van der Waals surface area contributed by atoms with Crippen molar-refractivity contribution in [2.45, 2.75) is 45.1 Å². The number of hydrogen-bond acceptors (Lipinski definition) is 3. The number of halogens is 4. The number of rotatable bonds is 8. The molecule has 0 aromatic heterocycles. The van der Waals surface area contributed by atoms with Crippen LogP contribution in [-0.2, 0) is 40.2 Å². The van der Waals surface area contributed by atoms with E-state index in [1.54, 1.807) is 0 Å². The fourth-order valence-electron chi connectivity index (χ4n) is 3.98. The summed E-state index contributed by atoms with van der Waals surface area (Å²) < 4.78 is 45.3. The Morgan fingerprint density at radius 3 is 2.38 bits per heavy atom. The molecule has 8 heteroatoms. The van der Waals surface area contributed by atoms with Crippen molar-refractivity contribution >= 4 is 23.3 Å². The third-order valence-corrected chi connectivity index (χ3v) is 6.20. The number of alkyl halides is 3. The Labute approximate surface area is 189 Å². The highest BCUT2D eigenvalue weighted by Crippen LogP contribution is 2.39. The molecule has 2 aliphatic rings. The van der Waals surface area contributed by atoms with Gasteiger partial charge in [0.2, 0.25) is 5.91 Å². The van der Waals surface area contributed by atoms with Gasteiger partial charge in [-0.2, -0.15) is 13.2 Å². The van der Waals surface area contributed by atoms with Crippen LogP contribution < -0.4 is 0 Å². The lowest BCUT2D eigenvalue weighted by Crippen LogP contribution is -2.36. The van der Waals surface area contributed by atoms with Gasteiger partial charge in [0.05, 0.1) is 29.7 Å². The third kappa shape index (κ3) is 5.33. The van der Waals surface area contributed by atoms with E-state index in [0.29, 0.717) is 17.7 Å². The highest BCUT2D eigenvalue weighted by Gasteiger charge is 2.38. The fourth-order valence-corrected chi connectivity index (χ4v) is 4.27. The first-order chi connectivity index (χ1) is 15.2. The molecular formula is C24H23ClF3NO3. The van der Waals surface area contributed by atoms with Gasteiger partial charge in [-0.05, 0) is 41.7 Å². The molecule has 32 heavy (non-hydrogen) atoms. The van der Waals surface area contributed by atoms with Crippen molar-refractivity contribution in [2.24, 2.45) is 11.8 Å². The molecule has 4 nitrogen and oxygen atoms in total. The molecule has 0 N–H and O–H groups in total. The maximum absolute atomic E-state index is 13.2. The zero-order chi connectivity index (χ0) is 22.9. The molecule has 0 bridgehead atoms. The second-order valence-corrected chi connectivity index (χ2v) is 8.84. The summed E-state index contributed by atoms with van der Waals surface area (Å²) in [6, 6.07) is 11.8. The number of nitrogens with zero attached hydrogens (tertiary/aromatic N) is 1. The van der Waals surface area contributed by atoms with E-state index in [4.69, 9.17) is 16.3 Å². The predicted octanol–water partition coefficient (Wildman–Crippen LogP) is 5.40. The van der Waals surface area contributed by atoms with E-state index in [9.17, 15) is 22.8 Å². The number of Topliss-reactive ketones (excluding diaryl/α,β-unsaturated/α-hetero) is 1. The molecule has 1 aliphatic heterocycles. The first kappa shape index (κ1) is 22.8. The van der Waals surface area contributed by atoms with E-state index < -0.39 is 17.7 Å². The van der Waals surface area contributed by atoms with E-state index in [1.165, 1.54) is 11.0 Å². The summed E-state index contributed by atoms with van der Waals surface area (Å²) >= 11 is 5.83. The van der Waals surface area contributed by atoms with E-state index in [0.717, 1.165) is 24.5 Å². The molecule has 1 aliphatic carbocycles. The number of carbonyl (C=O) groups is 2. The largest absolute Gasteiger partial charge is 0.417 e. The van der Waals surface area contributed by atoms with Crippen LogP contribution in [-0.4, -0.2) is 23.2 Å². The van der Waals surface area contributed by atoms with Crippen molar-refractivity contribution in [1.29, 1.82) is 0 Å². The molecule has 1 heterocycles. The lowest BCUT2D eigenvalue weighted by molar-refractivity contribution is -0.141. The quantitative estimate of drug-likeness (QED) is 0.524. The van der Waals surface area contributed by atoms with Crippen LogP contribution in [0.25, 0.3) is 0 Å². The lowest BCUT2D eigenvalue weighted by Gasteiger charge is -2.23. The second-order valence-electron chi connectivity index (χ2n) is 8.44. The zero-order valence-electron chi connectivity index (χ0n) is 17.3.